The van der Waals surface area contributed by atoms with E-state index in [2.05, 4.69) is 15.4 Å². The van der Waals surface area contributed by atoms with Crippen LogP contribution in [0.5, 0.6) is 0 Å². The molecule has 0 aliphatic heterocycles. The van der Waals surface area contributed by atoms with E-state index in [1.165, 1.54) is 29.9 Å². The normalized spacial score (nSPS) is 11.4. The van der Waals surface area contributed by atoms with Crippen LogP contribution < -0.4 is 10.9 Å². The van der Waals surface area contributed by atoms with Gasteiger partial charge in [0.25, 0.3) is 11.5 Å². The molecule has 30 heavy (non-hydrogen) atoms. The van der Waals surface area contributed by atoms with Crippen molar-refractivity contribution in [1.82, 2.24) is 14.8 Å². The second-order valence-electron chi connectivity index (χ2n) is 6.67. The van der Waals surface area contributed by atoms with Gasteiger partial charge in [-0.25, -0.2) is 9.67 Å². The van der Waals surface area contributed by atoms with Gasteiger partial charge in [-0.1, -0.05) is 0 Å². The van der Waals surface area contributed by atoms with Crippen molar-refractivity contribution in [3.05, 3.63) is 75.3 Å². The van der Waals surface area contributed by atoms with Crippen molar-refractivity contribution in [2.24, 2.45) is 0 Å². The van der Waals surface area contributed by atoms with Gasteiger partial charge in [0.1, 0.15) is 5.78 Å². The highest BCUT2D eigenvalue weighted by Crippen LogP contribution is 2.29. The minimum Gasteiger partial charge on any atom is -0.322 e. The molecule has 2 heterocycles. The Labute approximate surface area is 168 Å². The van der Waals surface area contributed by atoms with Gasteiger partial charge in [-0.3, -0.25) is 19.5 Å². The molecule has 3 rings (SSSR count). The van der Waals surface area contributed by atoms with Crippen LogP contribution in [-0.2, 0) is 17.4 Å². The Balaban J connectivity index is 1.77. The Morgan fingerprint density at radius 2 is 1.80 bits per heavy atom. The van der Waals surface area contributed by atoms with Crippen molar-refractivity contribution < 1.29 is 22.8 Å². The fourth-order valence-corrected chi connectivity index (χ4v) is 2.80. The average molecular weight is 418 g/mol. The molecule has 0 unspecified atom stereocenters. The molecule has 1 aromatic carbocycles. The highest BCUT2D eigenvalue weighted by Gasteiger charge is 2.30. The molecule has 0 saturated carbocycles. The first-order valence-corrected chi connectivity index (χ1v) is 8.81. The summed E-state index contributed by atoms with van der Waals surface area (Å²) in [6, 6.07) is 6.91. The number of ketones is 1. The lowest BCUT2D eigenvalue weighted by Crippen LogP contribution is -2.20. The number of pyridine rings is 1. The number of aromatic amines is 1. The second kappa shape index (κ2) is 7.97. The summed E-state index contributed by atoms with van der Waals surface area (Å²) in [6.07, 6.45) is -3.22. The van der Waals surface area contributed by atoms with E-state index in [1.54, 1.807) is 6.92 Å². The number of carbonyl (C=O) groups excluding carboxylic acids is 2. The van der Waals surface area contributed by atoms with Gasteiger partial charge < -0.3 is 5.32 Å². The van der Waals surface area contributed by atoms with Crippen molar-refractivity contribution in [3.8, 4) is 5.82 Å². The third-order valence-corrected chi connectivity index (χ3v) is 4.33. The standard InChI is InChI=1S/C20H17F3N4O3/c1-11(28)9-16-12(2)26-27(19(16)30)17-8-3-13(10-24-17)18(29)25-15-6-4-14(5-7-15)20(21,22)23/h3-8,10,26H,9H2,1-2H3,(H,25,29). The van der Waals surface area contributed by atoms with Crippen LogP contribution in [0.25, 0.3) is 5.82 Å². The molecule has 0 saturated heterocycles. The third-order valence-electron chi connectivity index (χ3n) is 4.33. The molecule has 0 aliphatic carbocycles. The van der Waals surface area contributed by atoms with E-state index in [-0.39, 0.29) is 29.3 Å². The maximum atomic E-state index is 12.6. The summed E-state index contributed by atoms with van der Waals surface area (Å²) in [5, 5.41) is 5.32. The Morgan fingerprint density at radius 1 is 1.13 bits per heavy atom. The molecule has 2 aromatic heterocycles. The maximum absolute atomic E-state index is 12.6. The van der Waals surface area contributed by atoms with E-state index in [9.17, 15) is 27.6 Å². The van der Waals surface area contributed by atoms with E-state index < -0.39 is 23.2 Å². The zero-order chi connectivity index (χ0) is 22.1. The quantitative estimate of drug-likeness (QED) is 0.665. The molecule has 3 aromatic rings. The first-order valence-electron chi connectivity index (χ1n) is 8.81. The minimum absolute atomic E-state index is 0.00177. The monoisotopic (exact) mass is 418 g/mol. The van der Waals surface area contributed by atoms with Crippen LogP contribution in [0.1, 0.15) is 34.1 Å². The van der Waals surface area contributed by atoms with Crippen molar-refractivity contribution in [2.45, 2.75) is 26.4 Å². The van der Waals surface area contributed by atoms with Crippen LogP contribution in [0.15, 0.2) is 47.4 Å². The number of H-pyrrole nitrogens is 1. The fourth-order valence-electron chi connectivity index (χ4n) is 2.80. The number of rotatable bonds is 5. The largest absolute Gasteiger partial charge is 0.416 e. The molecule has 156 valence electrons. The molecule has 0 aliphatic rings. The van der Waals surface area contributed by atoms with Crippen molar-refractivity contribution in [3.63, 3.8) is 0 Å². The third kappa shape index (κ3) is 4.48. The molecule has 0 spiro atoms. The second-order valence-corrected chi connectivity index (χ2v) is 6.67. The van der Waals surface area contributed by atoms with Gasteiger partial charge in [0, 0.05) is 29.6 Å². The van der Waals surface area contributed by atoms with Crippen LogP contribution in [-0.4, -0.2) is 26.5 Å². The fraction of sp³-hybridized carbons (Fsp3) is 0.200. The summed E-state index contributed by atoms with van der Waals surface area (Å²) in [6.45, 7) is 3.06. The Bertz CT molecular complexity index is 1140. The summed E-state index contributed by atoms with van der Waals surface area (Å²) in [5.74, 6) is -0.491. The summed E-state index contributed by atoms with van der Waals surface area (Å²) in [7, 11) is 0. The van der Waals surface area contributed by atoms with E-state index in [1.807, 2.05) is 0 Å². The van der Waals surface area contributed by atoms with Crippen LogP contribution in [0.2, 0.25) is 0 Å². The highest BCUT2D eigenvalue weighted by molar-refractivity contribution is 6.04. The predicted molar refractivity (Wildman–Crippen MR) is 103 cm³/mol. The number of aryl methyl sites for hydroxylation is 1. The SMILES string of the molecule is CC(=O)Cc1c(C)[nH]n(-c2ccc(C(=O)Nc3ccc(C(F)(F)F)cc3)cn2)c1=O. The van der Waals surface area contributed by atoms with Gasteiger partial charge >= 0.3 is 6.18 Å². The van der Waals surface area contributed by atoms with Gasteiger partial charge in [0.15, 0.2) is 5.82 Å². The summed E-state index contributed by atoms with van der Waals surface area (Å²) >= 11 is 0. The smallest absolute Gasteiger partial charge is 0.322 e. The van der Waals surface area contributed by atoms with Crippen LogP contribution >= 0.6 is 0 Å². The average Bonchev–Trinajstić information content (AvgIpc) is 2.95. The number of amides is 1. The van der Waals surface area contributed by atoms with Crippen molar-refractivity contribution in [1.29, 1.82) is 0 Å². The summed E-state index contributed by atoms with van der Waals surface area (Å²) in [5.41, 5.74) is 0.00939. The predicted octanol–water partition coefficient (Wildman–Crippen LogP) is 3.27. The van der Waals surface area contributed by atoms with E-state index in [4.69, 9.17) is 0 Å². The Morgan fingerprint density at radius 3 is 2.33 bits per heavy atom. The molecule has 0 radical (unpaired) electrons. The van der Waals surface area contributed by atoms with E-state index in [0.29, 0.717) is 11.3 Å². The van der Waals surface area contributed by atoms with Crippen molar-refractivity contribution >= 4 is 17.4 Å². The number of carbonyl (C=O) groups is 2. The van der Waals surface area contributed by atoms with Crippen LogP contribution in [0, 0.1) is 6.92 Å². The van der Waals surface area contributed by atoms with Gasteiger partial charge in [-0.05, 0) is 50.2 Å². The summed E-state index contributed by atoms with van der Waals surface area (Å²) < 4.78 is 39.0. The number of aromatic nitrogens is 3. The van der Waals surface area contributed by atoms with E-state index >= 15 is 0 Å². The number of halogens is 3. The molecular formula is C20H17F3N4O3. The first-order chi connectivity index (χ1) is 14.1. The van der Waals surface area contributed by atoms with Crippen molar-refractivity contribution in [2.75, 3.05) is 5.32 Å². The van der Waals surface area contributed by atoms with Gasteiger partial charge in [0.2, 0.25) is 0 Å². The number of nitrogens with zero attached hydrogens (tertiary/aromatic N) is 2. The minimum atomic E-state index is -4.46. The lowest BCUT2D eigenvalue weighted by Gasteiger charge is -2.09. The van der Waals surface area contributed by atoms with Gasteiger partial charge in [0.05, 0.1) is 11.1 Å². The molecule has 0 bridgehead atoms. The highest BCUT2D eigenvalue weighted by atomic mass is 19.4. The van der Waals surface area contributed by atoms with Gasteiger partial charge in [-0.15, -0.1) is 0 Å². The lowest BCUT2D eigenvalue weighted by atomic mass is 10.1. The molecule has 0 fully saturated rings. The number of hydrogen-bond donors (Lipinski definition) is 2. The first kappa shape index (κ1) is 21.0. The molecular weight excluding hydrogens is 401 g/mol. The lowest BCUT2D eigenvalue weighted by molar-refractivity contribution is -0.137. The maximum Gasteiger partial charge on any atom is 0.416 e. The number of benzene rings is 1. The number of Topliss-reactive ketones (excluding diaryl/α,β-unsaturated/α-hetero) is 1. The molecule has 2 N–H and O–H groups in total. The molecule has 0 atom stereocenters. The van der Waals surface area contributed by atoms with E-state index in [0.717, 1.165) is 24.3 Å². The zero-order valence-electron chi connectivity index (χ0n) is 16.0. The molecule has 1 amide bonds. The molecule has 10 heteroatoms. The van der Waals surface area contributed by atoms with Crippen LogP contribution in [0.3, 0.4) is 0 Å². The summed E-state index contributed by atoms with van der Waals surface area (Å²) in [4.78, 5) is 40.2. The number of alkyl halides is 3. The Hall–Kier alpha value is -3.69. The van der Waals surface area contributed by atoms with Gasteiger partial charge in [-0.2, -0.15) is 13.2 Å². The number of nitrogens with one attached hydrogen (secondary N) is 2. The molecule has 7 nitrogen and oxygen atoms in total. The number of hydrogen-bond acceptors (Lipinski definition) is 4. The van der Waals surface area contributed by atoms with Crippen LogP contribution in [0.4, 0.5) is 18.9 Å². The zero-order valence-corrected chi connectivity index (χ0v) is 16.0. The Kier molecular flexibility index (Phi) is 5.59. The number of anilines is 1. The topological polar surface area (TPSA) is 96.8 Å².